The Morgan fingerprint density at radius 3 is 2.68 bits per heavy atom. The maximum absolute atomic E-state index is 4.74. The maximum atomic E-state index is 4.74. The summed E-state index contributed by atoms with van der Waals surface area (Å²) < 4.78 is 2.30. The Kier molecular flexibility index (Phi) is 4.63. The van der Waals surface area contributed by atoms with Crippen molar-refractivity contribution in [3.05, 3.63) is 47.4 Å². The summed E-state index contributed by atoms with van der Waals surface area (Å²) in [6.07, 6.45) is 7.02. The zero-order chi connectivity index (χ0) is 15.5. The van der Waals surface area contributed by atoms with Crippen LogP contribution in [0.25, 0.3) is 5.82 Å². The zero-order valence-corrected chi connectivity index (χ0v) is 14.0. The van der Waals surface area contributed by atoms with Gasteiger partial charge in [0.25, 0.3) is 0 Å². The smallest absolute Gasteiger partial charge is 0.141 e. The van der Waals surface area contributed by atoms with E-state index in [4.69, 9.17) is 4.98 Å². The first-order chi connectivity index (χ1) is 10.7. The van der Waals surface area contributed by atoms with E-state index in [1.54, 1.807) is 0 Å². The monoisotopic (exact) mass is 297 g/mol. The summed E-state index contributed by atoms with van der Waals surface area (Å²) in [6, 6.07) is 9.24. The van der Waals surface area contributed by atoms with Crippen LogP contribution in [0.5, 0.6) is 0 Å². The van der Waals surface area contributed by atoms with Gasteiger partial charge in [-0.15, -0.1) is 0 Å². The Balaban J connectivity index is 1.98. The summed E-state index contributed by atoms with van der Waals surface area (Å²) in [5, 5.41) is 0. The van der Waals surface area contributed by atoms with Crippen LogP contribution in [-0.2, 0) is 0 Å². The van der Waals surface area contributed by atoms with Crippen LogP contribution in [0.3, 0.4) is 0 Å². The predicted octanol–water partition coefficient (Wildman–Crippen LogP) is 4.43. The first-order valence-corrected chi connectivity index (χ1v) is 8.56. The van der Waals surface area contributed by atoms with E-state index in [0.29, 0.717) is 6.04 Å². The number of hydrogen-bond acceptors (Lipinski definition) is 2. The van der Waals surface area contributed by atoms with E-state index in [2.05, 4.69) is 54.5 Å². The van der Waals surface area contributed by atoms with Gasteiger partial charge in [-0.05, 0) is 64.4 Å². The molecule has 1 saturated heterocycles. The lowest BCUT2D eigenvalue weighted by Crippen LogP contribution is -2.25. The molecule has 2 aromatic rings. The molecule has 1 atom stereocenters. The average molecular weight is 297 g/mol. The van der Waals surface area contributed by atoms with Gasteiger partial charge in [-0.3, -0.25) is 4.90 Å². The van der Waals surface area contributed by atoms with Crippen LogP contribution < -0.4 is 0 Å². The van der Waals surface area contributed by atoms with E-state index < -0.39 is 0 Å². The van der Waals surface area contributed by atoms with Crippen molar-refractivity contribution < 1.29 is 0 Å². The highest BCUT2D eigenvalue weighted by molar-refractivity contribution is 5.41. The largest absolute Gasteiger partial charge is 0.303 e. The lowest BCUT2D eigenvalue weighted by atomic mass is 10.0. The molecule has 0 aliphatic carbocycles. The van der Waals surface area contributed by atoms with Crippen LogP contribution in [0.1, 0.15) is 55.6 Å². The van der Waals surface area contributed by atoms with Gasteiger partial charge in [0.15, 0.2) is 0 Å². The summed E-state index contributed by atoms with van der Waals surface area (Å²) in [5.74, 6) is 1.12. The summed E-state index contributed by atoms with van der Waals surface area (Å²) in [4.78, 5) is 7.39. The van der Waals surface area contributed by atoms with Gasteiger partial charge in [0, 0.05) is 29.2 Å². The maximum Gasteiger partial charge on any atom is 0.141 e. The molecular weight excluding hydrogens is 270 g/mol. The van der Waals surface area contributed by atoms with E-state index in [1.807, 2.05) is 6.20 Å². The van der Waals surface area contributed by atoms with Crippen molar-refractivity contribution in [3.63, 3.8) is 0 Å². The molecule has 3 heteroatoms. The molecule has 0 amide bonds. The third-order valence-corrected chi connectivity index (χ3v) is 4.82. The number of aromatic nitrogens is 2. The van der Waals surface area contributed by atoms with Gasteiger partial charge in [0.1, 0.15) is 5.82 Å². The number of pyridine rings is 1. The topological polar surface area (TPSA) is 21.1 Å². The Morgan fingerprint density at radius 1 is 1.18 bits per heavy atom. The third kappa shape index (κ3) is 2.82. The molecule has 2 aromatic heterocycles. The summed E-state index contributed by atoms with van der Waals surface area (Å²) in [6.45, 7) is 9.03. The fourth-order valence-corrected chi connectivity index (χ4v) is 3.67. The average Bonchev–Trinajstić information content (AvgIpc) is 3.12. The van der Waals surface area contributed by atoms with Crippen LogP contribution in [-0.4, -0.2) is 27.5 Å². The lowest BCUT2D eigenvalue weighted by molar-refractivity contribution is 0.252. The fourth-order valence-electron chi connectivity index (χ4n) is 3.67. The van der Waals surface area contributed by atoms with E-state index in [0.717, 1.165) is 5.82 Å². The summed E-state index contributed by atoms with van der Waals surface area (Å²) >= 11 is 0. The molecule has 22 heavy (non-hydrogen) atoms. The van der Waals surface area contributed by atoms with Crippen molar-refractivity contribution in [1.29, 1.82) is 0 Å². The fraction of sp³-hybridized carbons (Fsp3) is 0.526. The predicted molar refractivity (Wildman–Crippen MR) is 91.5 cm³/mol. The first-order valence-electron chi connectivity index (χ1n) is 8.56. The van der Waals surface area contributed by atoms with Crippen LogP contribution in [0.15, 0.2) is 30.5 Å². The van der Waals surface area contributed by atoms with E-state index >= 15 is 0 Å². The minimum absolute atomic E-state index is 0.524. The molecule has 3 rings (SSSR count). The van der Waals surface area contributed by atoms with Gasteiger partial charge in [0.05, 0.1) is 0 Å². The molecule has 1 aliphatic heterocycles. The van der Waals surface area contributed by atoms with Crippen molar-refractivity contribution in [2.45, 2.75) is 52.5 Å². The molecule has 0 spiro atoms. The van der Waals surface area contributed by atoms with Crippen molar-refractivity contribution >= 4 is 0 Å². The van der Waals surface area contributed by atoms with E-state index in [1.165, 1.54) is 55.7 Å². The Bertz CT molecular complexity index is 610. The number of aryl methyl sites for hydroxylation is 2. The Labute approximate surface area is 134 Å². The normalized spacial score (nSPS) is 19.0. The van der Waals surface area contributed by atoms with Gasteiger partial charge in [-0.25, -0.2) is 4.98 Å². The quantitative estimate of drug-likeness (QED) is 0.814. The molecule has 0 aromatic carbocycles. The Morgan fingerprint density at radius 2 is 1.95 bits per heavy atom. The summed E-state index contributed by atoms with van der Waals surface area (Å²) in [5.41, 5.74) is 3.91. The van der Waals surface area contributed by atoms with Crippen LogP contribution >= 0.6 is 0 Å². The molecule has 118 valence electrons. The minimum Gasteiger partial charge on any atom is -0.303 e. The highest BCUT2D eigenvalue weighted by Gasteiger charge is 2.28. The molecule has 0 saturated carbocycles. The molecule has 1 aliphatic rings. The summed E-state index contributed by atoms with van der Waals surface area (Å²) in [7, 11) is 0. The molecule has 1 fully saturated rings. The molecule has 3 nitrogen and oxygen atoms in total. The first kappa shape index (κ1) is 15.3. The number of likely N-dealkylation sites (tertiary alicyclic amines) is 1. The van der Waals surface area contributed by atoms with Gasteiger partial charge < -0.3 is 4.57 Å². The van der Waals surface area contributed by atoms with Crippen LogP contribution in [0.2, 0.25) is 0 Å². The van der Waals surface area contributed by atoms with Crippen molar-refractivity contribution in [2.75, 3.05) is 13.1 Å². The van der Waals surface area contributed by atoms with Gasteiger partial charge in [-0.2, -0.15) is 0 Å². The molecule has 3 heterocycles. The third-order valence-electron chi connectivity index (χ3n) is 4.82. The molecule has 0 bridgehead atoms. The number of nitrogens with zero attached hydrogens (tertiary/aromatic N) is 3. The second kappa shape index (κ2) is 6.66. The van der Waals surface area contributed by atoms with E-state index in [-0.39, 0.29) is 0 Å². The van der Waals surface area contributed by atoms with Gasteiger partial charge in [-0.1, -0.05) is 19.4 Å². The highest BCUT2D eigenvalue weighted by Crippen LogP contribution is 2.35. The lowest BCUT2D eigenvalue weighted by Gasteiger charge is -2.26. The standard InChI is InChI=1S/C19H27N3/c1-4-5-13-21-14-7-9-18(21)17-8-6-12-20-19(17)22-15(2)10-11-16(22)3/h6,8,10-12,18H,4-5,7,9,13-14H2,1-3H3/t18-/m1/s1. The van der Waals surface area contributed by atoms with Gasteiger partial charge in [0.2, 0.25) is 0 Å². The number of unbranched alkanes of at least 4 members (excludes halogenated alkanes) is 1. The number of hydrogen-bond donors (Lipinski definition) is 0. The van der Waals surface area contributed by atoms with Crippen molar-refractivity contribution in [1.82, 2.24) is 14.5 Å². The highest BCUT2D eigenvalue weighted by atomic mass is 15.2. The van der Waals surface area contributed by atoms with E-state index in [9.17, 15) is 0 Å². The van der Waals surface area contributed by atoms with Crippen molar-refractivity contribution in [3.8, 4) is 5.82 Å². The van der Waals surface area contributed by atoms with Crippen LogP contribution in [0.4, 0.5) is 0 Å². The molecular formula is C19H27N3. The minimum atomic E-state index is 0.524. The van der Waals surface area contributed by atoms with Crippen LogP contribution in [0, 0.1) is 13.8 Å². The molecule has 0 N–H and O–H groups in total. The molecule has 0 radical (unpaired) electrons. The zero-order valence-electron chi connectivity index (χ0n) is 14.0. The van der Waals surface area contributed by atoms with Gasteiger partial charge >= 0.3 is 0 Å². The second-order valence-electron chi connectivity index (χ2n) is 6.42. The SMILES string of the molecule is CCCCN1CCC[C@@H]1c1cccnc1-n1c(C)ccc1C. The van der Waals surface area contributed by atoms with Crippen molar-refractivity contribution in [2.24, 2.45) is 0 Å². The Hall–Kier alpha value is -1.61. The number of rotatable bonds is 5. The molecule has 0 unspecified atom stereocenters. The second-order valence-corrected chi connectivity index (χ2v) is 6.42.